The van der Waals surface area contributed by atoms with Crippen LogP contribution in [0.25, 0.3) is 11.1 Å². The van der Waals surface area contributed by atoms with Crippen LogP contribution in [-0.2, 0) is 19.1 Å². The first-order valence-electron chi connectivity index (χ1n) is 12.3. The molecule has 0 bridgehead atoms. The van der Waals surface area contributed by atoms with Gasteiger partial charge in [-0.15, -0.1) is 0 Å². The third kappa shape index (κ3) is 6.31. The fourth-order valence-corrected chi connectivity index (χ4v) is 4.37. The van der Waals surface area contributed by atoms with Gasteiger partial charge in [-0.3, -0.25) is 4.79 Å². The standard InChI is InChI=1S/C29H24F5NO6/c1-29(2,3)41-20(36)12-19(27(37)40-26-24(33)22(31)21(30)23(32)25(26)34)35-28(38)39-13-18-16-10-6-4-8-14(16)15-9-5-7-11-17(15)18/h4-11,18-19H,12-13H2,1-3H3,(H,35,38)/t19-/m0/s1. The first-order valence-corrected chi connectivity index (χ1v) is 12.3. The van der Waals surface area contributed by atoms with Gasteiger partial charge >= 0.3 is 18.0 Å². The molecule has 0 spiro atoms. The van der Waals surface area contributed by atoms with Crippen molar-refractivity contribution in [3.8, 4) is 16.9 Å². The molecule has 216 valence electrons. The Bertz CT molecular complexity index is 1450. The fraction of sp³-hybridized carbons (Fsp3) is 0.276. The summed E-state index contributed by atoms with van der Waals surface area (Å²) >= 11 is 0. The lowest BCUT2D eigenvalue weighted by Gasteiger charge is -2.22. The van der Waals surface area contributed by atoms with Crippen molar-refractivity contribution in [2.75, 3.05) is 6.61 Å². The summed E-state index contributed by atoms with van der Waals surface area (Å²) in [7, 11) is 0. The molecule has 1 amide bonds. The van der Waals surface area contributed by atoms with E-state index in [2.05, 4.69) is 10.1 Å². The molecule has 0 unspecified atom stereocenters. The van der Waals surface area contributed by atoms with Gasteiger partial charge < -0.3 is 19.5 Å². The molecule has 1 aliphatic rings. The second-order valence-corrected chi connectivity index (χ2v) is 10.1. The van der Waals surface area contributed by atoms with Crippen molar-refractivity contribution in [3.63, 3.8) is 0 Å². The van der Waals surface area contributed by atoms with E-state index in [4.69, 9.17) is 9.47 Å². The molecule has 3 aromatic carbocycles. The molecule has 3 aromatic rings. The summed E-state index contributed by atoms with van der Waals surface area (Å²) in [6.45, 7) is 4.37. The monoisotopic (exact) mass is 577 g/mol. The summed E-state index contributed by atoms with van der Waals surface area (Å²) in [5, 5.41) is 2.06. The Morgan fingerprint density at radius 1 is 0.805 bits per heavy atom. The maximum atomic E-state index is 14.1. The number of carbonyl (C=O) groups excluding carboxylic acids is 3. The number of benzene rings is 3. The van der Waals surface area contributed by atoms with Crippen molar-refractivity contribution in [2.45, 2.75) is 44.8 Å². The number of alkyl carbamates (subject to hydrolysis) is 1. The van der Waals surface area contributed by atoms with Crippen LogP contribution in [0.1, 0.15) is 44.2 Å². The van der Waals surface area contributed by atoms with Crippen LogP contribution >= 0.6 is 0 Å². The van der Waals surface area contributed by atoms with Gasteiger partial charge in [0.2, 0.25) is 34.8 Å². The molecule has 41 heavy (non-hydrogen) atoms. The molecule has 12 heteroatoms. The summed E-state index contributed by atoms with van der Waals surface area (Å²) in [5.74, 6) is -17.0. The van der Waals surface area contributed by atoms with Crippen molar-refractivity contribution in [1.29, 1.82) is 0 Å². The van der Waals surface area contributed by atoms with Gasteiger partial charge in [-0.25, -0.2) is 22.8 Å². The average molecular weight is 578 g/mol. The van der Waals surface area contributed by atoms with Crippen molar-refractivity contribution >= 4 is 18.0 Å². The van der Waals surface area contributed by atoms with Gasteiger partial charge in [0.05, 0.1) is 6.42 Å². The lowest BCUT2D eigenvalue weighted by molar-refractivity contribution is -0.157. The van der Waals surface area contributed by atoms with Crippen LogP contribution < -0.4 is 10.1 Å². The van der Waals surface area contributed by atoms with Gasteiger partial charge in [-0.05, 0) is 43.0 Å². The van der Waals surface area contributed by atoms with Gasteiger partial charge in [0.1, 0.15) is 18.2 Å². The summed E-state index contributed by atoms with van der Waals surface area (Å²) in [4.78, 5) is 37.9. The largest absolute Gasteiger partial charge is 0.460 e. The SMILES string of the molecule is CC(C)(C)OC(=O)C[C@H](NC(=O)OCC1c2ccccc2-c2ccccc21)C(=O)Oc1c(F)c(F)c(F)c(F)c1F. The molecular formula is C29H24F5NO6. The molecule has 0 saturated carbocycles. The first kappa shape index (κ1) is 29.5. The minimum absolute atomic E-state index is 0.189. The van der Waals surface area contributed by atoms with Crippen LogP contribution in [0, 0.1) is 29.1 Å². The molecule has 0 saturated heterocycles. The molecular weight excluding hydrogens is 553 g/mol. The fourth-order valence-electron chi connectivity index (χ4n) is 4.37. The summed E-state index contributed by atoms with van der Waals surface area (Å²) < 4.78 is 83.7. The quantitative estimate of drug-likeness (QED) is 0.123. The zero-order chi connectivity index (χ0) is 30.1. The Morgan fingerprint density at radius 3 is 1.80 bits per heavy atom. The van der Waals surface area contributed by atoms with E-state index in [-0.39, 0.29) is 12.5 Å². The molecule has 1 atom stereocenters. The zero-order valence-corrected chi connectivity index (χ0v) is 22.0. The third-order valence-corrected chi connectivity index (χ3v) is 6.08. The molecule has 0 radical (unpaired) electrons. The summed E-state index contributed by atoms with van der Waals surface area (Å²) in [5.41, 5.74) is 2.66. The van der Waals surface area contributed by atoms with Gasteiger partial charge in [-0.2, -0.15) is 8.78 Å². The number of hydrogen-bond donors (Lipinski definition) is 1. The van der Waals surface area contributed by atoms with Gasteiger partial charge in [0.15, 0.2) is 0 Å². The van der Waals surface area contributed by atoms with Gasteiger partial charge in [-0.1, -0.05) is 48.5 Å². The minimum atomic E-state index is -2.46. The van der Waals surface area contributed by atoms with E-state index in [1.165, 1.54) is 20.8 Å². The highest BCUT2D eigenvalue weighted by molar-refractivity contribution is 5.87. The predicted molar refractivity (Wildman–Crippen MR) is 134 cm³/mol. The molecule has 0 aromatic heterocycles. The lowest BCUT2D eigenvalue weighted by atomic mass is 9.98. The number of fused-ring (bicyclic) bond motifs is 3. The molecule has 1 N–H and O–H groups in total. The number of rotatable bonds is 7. The second-order valence-electron chi connectivity index (χ2n) is 10.1. The Kier molecular flexibility index (Phi) is 8.32. The van der Waals surface area contributed by atoms with E-state index in [1.807, 2.05) is 48.5 Å². The van der Waals surface area contributed by atoms with Crippen LogP contribution in [0.2, 0.25) is 0 Å². The molecule has 1 aliphatic carbocycles. The van der Waals surface area contributed by atoms with Crippen molar-refractivity contribution in [3.05, 3.63) is 88.7 Å². The van der Waals surface area contributed by atoms with Crippen molar-refractivity contribution in [1.82, 2.24) is 5.32 Å². The van der Waals surface area contributed by atoms with E-state index < -0.39 is 70.9 Å². The summed E-state index contributed by atoms with van der Waals surface area (Å²) in [6.07, 6.45) is -2.12. The van der Waals surface area contributed by atoms with E-state index in [1.54, 1.807) is 0 Å². The smallest absolute Gasteiger partial charge is 0.407 e. The first-order chi connectivity index (χ1) is 19.3. The maximum absolute atomic E-state index is 14.1. The minimum Gasteiger partial charge on any atom is -0.460 e. The number of ether oxygens (including phenoxy) is 3. The topological polar surface area (TPSA) is 90.9 Å². The van der Waals surface area contributed by atoms with Crippen LogP contribution in [0.4, 0.5) is 26.7 Å². The average Bonchev–Trinajstić information content (AvgIpc) is 3.24. The number of esters is 2. The Morgan fingerprint density at radius 2 is 1.29 bits per heavy atom. The number of amides is 1. The second kappa shape index (κ2) is 11.6. The van der Waals surface area contributed by atoms with Crippen molar-refractivity contribution in [2.24, 2.45) is 0 Å². The highest BCUT2D eigenvalue weighted by atomic mass is 19.2. The lowest BCUT2D eigenvalue weighted by Crippen LogP contribution is -2.45. The van der Waals surface area contributed by atoms with Crippen LogP contribution in [0.15, 0.2) is 48.5 Å². The molecule has 0 aliphatic heterocycles. The van der Waals surface area contributed by atoms with E-state index in [9.17, 15) is 36.3 Å². The zero-order valence-electron chi connectivity index (χ0n) is 22.0. The van der Waals surface area contributed by atoms with Gasteiger partial charge in [0.25, 0.3) is 0 Å². The molecule has 0 fully saturated rings. The third-order valence-electron chi connectivity index (χ3n) is 6.08. The highest BCUT2D eigenvalue weighted by Crippen LogP contribution is 2.44. The molecule has 4 rings (SSSR count). The number of carbonyl (C=O) groups is 3. The number of hydrogen-bond acceptors (Lipinski definition) is 6. The van der Waals surface area contributed by atoms with E-state index in [0.29, 0.717) is 0 Å². The van der Waals surface area contributed by atoms with Crippen LogP contribution in [0.5, 0.6) is 5.75 Å². The van der Waals surface area contributed by atoms with E-state index >= 15 is 0 Å². The number of halogens is 5. The highest BCUT2D eigenvalue weighted by Gasteiger charge is 2.34. The van der Waals surface area contributed by atoms with Crippen LogP contribution in [-0.4, -0.2) is 36.3 Å². The normalized spacial score (nSPS) is 13.2. The predicted octanol–water partition coefficient (Wildman–Crippen LogP) is 5.93. The Balaban J connectivity index is 1.52. The summed E-state index contributed by atoms with van der Waals surface area (Å²) in [6, 6.07) is 13.0. The van der Waals surface area contributed by atoms with Gasteiger partial charge in [0, 0.05) is 5.92 Å². The molecule has 0 heterocycles. The molecule has 7 nitrogen and oxygen atoms in total. The van der Waals surface area contributed by atoms with E-state index in [0.717, 1.165) is 22.3 Å². The Hall–Kier alpha value is -4.48. The Labute approximate surface area is 231 Å². The maximum Gasteiger partial charge on any atom is 0.407 e. The van der Waals surface area contributed by atoms with Crippen LogP contribution in [0.3, 0.4) is 0 Å². The number of nitrogens with one attached hydrogen (secondary N) is 1. The van der Waals surface area contributed by atoms with Crippen molar-refractivity contribution < 1.29 is 50.5 Å².